The zero-order chi connectivity index (χ0) is 11.0. The Bertz CT molecular complexity index is 486. The second kappa shape index (κ2) is 3.59. The maximum absolute atomic E-state index is 9.46. The van der Waals surface area contributed by atoms with E-state index in [1.807, 2.05) is 20.0 Å². The molecule has 0 amide bonds. The molecule has 0 saturated carbocycles. The molecular weight excluding hydrogens is 188 g/mol. The summed E-state index contributed by atoms with van der Waals surface area (Å²) in [6.07, 6.45) is 2.91. The molecule has 0 bridgehead atoms. The molecule has 0 aliphatic rings. The summed E-state index contributed by atoms with van der Waals surface area (Å²) in [5.41, 5.74) is 8.11. The van der Waals surface area contributed by atoms with Crippen LogP contribution in [-0.4, -0.2) is 15.7 Å². The van der Waals surface area contributed by atoms with Gasteiger partial charge in [0.05, 0.1) is 0 Å². The minimum absolute atomic E-state index is 0.137. The second-order valence-electron chi connectivity index (χ2n) is 4.15. The third-order valence-corrected chi connectivity index (χ3v) is 2.60. The van der Waals surface area contributed by atoms with Crippen molar-refractivity contribution in [1.29, 1.82) is 0 Å². The predicted octanol–water partition coefficient (Wildman–Crippen LogP) is 1.77. The van der Waals surface area contributed by atoms with Crippen molar-refractivity contribution in [3.8, 4) is 5.75 Å². The summed E-state index contributed by atoms with van der Waals surface area (Å²) >= 11 is 0. The number of aromatic hydroxyl groups is 1. The standard InChI is InChI=1S/C12H16N2O/c1-8(13)5-9-7-14(2)12-4-3-10(15)6-11(9)12/h3-4,6-8,15H,5,13H2,1-2H3/t8-/m1/s1. The molecule has 1 heterocycles. The maximum atomic E-state index is 9.46. The molecular formula is C12H16N2O. The highest BCUT2D eigenvalue weighted by molar-refractivity contribution is 5.85. The van der Waals surface area contributed by atoms with Gasteiger partial charge < -0.3 is 15.4 Å². The molecule has 0 fully saturated rings. The van der Waals surface area contributed by atoms with E-state index in [1.165, 1.54) is 5.56 Å². The SMILES string of the molecule is C[C@@H](N)Cc1cn(C)c2ccc(O)cc12. The smallest absolute Gasteiger partial charge is 0.116 e. The van der Waals surface area contributed by atoms with Gasteiger partial charge in [-0.3, -0.25) is 0 Å². The van der Waals surface area contributed by atoms with Crippen molar-refractivity contribution in [2.45, 2.75) is 19.4 Å². The van der Waals surface area contributed by atoms with Gasteiger partial charge in [0.1, 0.15) is 5.75 Å². The van der Waals surface area contributed by atoms with Crippen LogP contribution < -0.4 is 5.73 Å². The molecule has 3 nitrogen and oxygen atoms in total. The number of nitrogens with two attached hydrogens (primary N) is 1. The van der Waals surface area contributed by atoms with Crippen molar-refractivity contribution in [1.82, 2.24) is 4.57 Å². The molecule has 0 aliphatic heterocycles. The fraction of sp³-hybridized carbons (Fsp3) is 0.333. The van der Waals surface area contributed by atoms with E-state index < -0.39 is 0 Å². The van der Waals surface area contributed by atoms with E-state index in [4.69, 9.17) is 5.73 Å². The predicted molar refractivity (Wildman–Crippen MR) is 61.9 cm³/mol. The number of phenolic OH excluding ortho intramolecular Hbond substituents is 1. The van der Waals surface area contributed by atoms with Gasteiger partial charge in [-0.25, -0.2) is 0 Å². The minimum Gasteiger partial charge on any atom is -0.508 e. The molecule has 80 valence electrons. The molecule has 2 aromatic rings. The van der Waals surface area contributed by atoms with Gasteiger partial charge in [-0.2, -0.15) is 0 Å². The van der Waals surface area contributed by atoms with Crippen molar-refractivity contribution < 1.29 is 5.11 Å². The number of aryl methyl sites for hydroxylation is 1. The number of fused-ring (bicyclic) bond motifs is 1. The van der Waals surface area contributed by atoms with Crippen LogP contribution in [0.3, 0.4) is 0 Å². The quantitative estimate of drug-likeness (QED) is 0.783. The molecule has 3 heteroatoms. The maximum Gasteiger partial charge on any atom is 0.116 e. The molecule has 15 heavy (non-hydrogen) atoms. The highest BCUT2D eigenvalue weighted by atomic mass is 16.3. The van der Waals surface area contributed by atoms with Crippen molar-refractivity contribution in [2.24, 2.45) is 12.8 Å². The van der Waals surface area contributed by atoms with Crippen LogP contribution in [-0.2, 0) is 13.5 Å². The average molecular weight is 204 g/mol. The van der Waals surface area contributed by atoms with E-state index in [0.717, 1.165) is 17.3 Å². The number of hydrogen-bond donors (Lipinski definition) is 2. The Morgan fingerprint density at radius 1 is 1.47 bits per heavy atom. The van der Waals surface area contributed by atoms with Crippen LogP contribution in [0.4, 0.5) is 0 Å². The molecule has 0 spiro atoms. The summed E-state index contributed by atoms with van der Waals surface area (Å²) in [6, 6.07) is 5.57. The van der Waals surface area contributed by atoms with Crippen LogP contribution in [0.2, 0.25) is 0 Å². The van der Waals surface area contributed by atoms with Gasteiger partial charge in [0.2, 0.25) is 0 Å². The Morgan fingerprint density at radius 2 is 2.20 bits per heavy atom. The molecule has 3 N–H and O–H groups in total. The fourth-order valence-electron chi connectivity index (χ4n) is 1.97. The number of phenols is 1. The zero-order valence-electron chi connectivity index (χ0n) is 9.07. The van der Waals surface area contributed by atoms with Crippen molar-refractivity contribution in [2.75, 3.05) is 0 Å². The lowest BCUT2D eigenvalue weighted by Crippen LogP contribution is -2.17. The van der Waals surface area contributed by atoms with E-state index in [0.29, 0.717) is 5.75 Å². The average Bonchev–Trinajstić information content (AvgIpc) is 2.42. The van der Waals surface area contributed by atoms with Gasteiger partial charge >= 0.3 is 0 Å². The van der Waals surface area contributed by atoms with Crippen molar-refractivity contribution in [3.05, 3.63) is 30.0 Å². The third kappa shape index (κ3) is 1.83. The molecule has 0 unspecified atom stereocenters. The number of hydrogen-bond acceptors (Lipinski definition) is 2. The van der Waals surface area contributed by atoms with Gasteiger partial charge in [-0.05, 0) is 37.1 Å². The van der Waals surface area contributed by atoms with Gasteiger partial charge in [0, 0.05) is 30.2 Å². The Kier molecular flexibility index (Phi) is 2.40. The van der Waals surface area contributed by atoms with Crippen molar-refractivity contribution in [3.63, 3.8) is 0 Å². The first-order valence-electron chi connectivity index (χ1n) is 5.10. The number of benzene rings is 1. The fourth-order valence-corrected chi connectivity index (χ4v) is 1.97. The largest absolute Gasteiger partial charge is 0.508 e. The highest BCUT2D eigenvalue weighted by Crippen LogP contribution is 2.25. The van der Waals surface area contributed by atoms with E-state index in [-0.39, 0.29) is 6.04 Å². The molecule has 0 aliphatic carbocycles. The Labute approximate surface area is 89.1 Å². The third-order valence-electron chi connectivity index (χ3n) is 2.60. The lowest BCUT2D eigenvalue weighted by Gasteiger charge is -2.02. The molecule has 0 radical (unpaired) electrons. The first-order valence-corrected chi connectivity index (χ1v) is 5.10. The van der Waals surface area contributed by atoms with Gasteiger partial charge in [-0.1, -0.05) is 0 Å². The molecule has 1 aromatic heterocycles. The zero-order valence-corrected chi connectivity index (χ0v) is 9.07. The number of nitrogens with zero attached hydrogens (tertiary/aromatic N) is 1. The summed E-state index contributed by atoms with van der Waals surface area (Å²) in [4.78, 5) is 0. The first kappa shape index (κ1) is 10.1. The Morgan fingerprint density at radius 3 is 2.87 bits per heavy atom. The van der Waals surface area contributed by atoms with Crippen LogP contribution in [0.1, 0.15) is 12.5 Å². The van der Waals surface area contributed by atoms with Gasteiger partial charge in [0.25, 0.3) is 0 Å². The van der Waals surface area contributed by atoms with Crippen LogP contribution in [0.15, 0.2) is 24.4 Å². The summed E-state index contributed by atoms with van der Waals surface area (Å²) < 4.78 is 2.06. The lowest BCUT2D eigenvalue weighted by atomic mass is 10.1. The van der Waals surface area contributed by atoms with E-state index in [9.17, 15) is 5.11 Å². The van der Waals surface area contributed by atoms with Crippen LogP contribution in [0.25, 0.3) is 10.9 Å². The van der Waals surface area contributed by atoms with E-state index in [1.54, 1.807) is 12.1 Å². The van der Waals surface area contributed by atoms with Crippen LogP contribution in [0, 0.1) is 0 Å². The van der Waals surface area contributed by atoms with Crippen LogP contribution >= 0.6 is 0 Å². The number of rotatable bonds is 2. The first-order chi connectivity index (χ1) is 7.08. The van der Waals surface area contributed by atoms with E-state index in [2.05, 4.69) is 10.8 Å². The topological polar surface area (TPSA) is 51.2 Å². The second-order valence-corrected chi connectivity index (χ2v) is 4.15. The normalized spacial score (nSPS) is 13.3. The van der Waals surface area contributed by atoms with Crippen molar-refractivity contribution >= 4 is 10.9 Å². The van der Waals surface area contributed by atoms with Gasteiger partial charge in [0.15, 0.2) is 0 Å². The summed E-state index contributed by atoms with van der Waals surface area (Å²) in [5, 5.41) is 10.5. The molecule has 1 aromatic carbocycles. The van der Waals surface area contributed by atoms with Crippen LogP contribution in [0.5, 0.6) is 5.75 Å². The summed E-state index contributed by atoms with van der Waals surface area (Å²) in [7, 11) is 2.00. The minimum atomic E-state index is 0.137. The van der Waals surface area contributed by atoms with Gasteiger partial charge in [-0.15, -0.1) is 0 Å². The number of aromatic nitrogens is 1. The molecule has 0 saturated heterocycles. The van der Waals surface area contributed by atoms with E-state index >= 15 is 0 Å². The Hall–Kier alpha value is -1.48. The lowest BCUT2D eigenvalue weighted by molar-refractivity contribution is 0.476. The highest BCUT2D eigenvalue weighted by Gasteiger charge is 2.08. The monoisotopic (exact) mass is 204 g/mol. The Balaban J connectivity index is 2.59. The summed E-state index contributed by atoms with van der Waals surface area (Å²) in [6.45, 7) is 1.99. The molecule has 2 rings (SSSR count). The summed E-state index contributed by atoms with van der Waals surface area (Å²) in [5.74, 6) is 0.305. The molecule has 1 atom stereocenters.